The zero-order chi connectivity index (χ0) is 17.4. The third-order valence-corrected chi connectivity index (χ3v) is 9.00. The van der Waals surface area contributed by atoms with Crippen molar-refractivity contribution in [3.8, 4) is 0 Å². The van der Waals surface area contributed by atoms with Crippen LogP contribution in [0.2, 0.25) is 0 Å². The maximum Gasteiger partial charge on any atom is 0.0591 e. The first-order valence-electron chi connectivity index (χ1n) is 7.58. The molecule has 1 saturated heterocycles. The number of hydrogen-bond donors (Lipinski definition) is 1. The summed E-state index contributed by atoms with van der Waals surface area (Å²) in [5, 5.41) is 0. The minimum absolute atomic E-state index is 0.471. The Bertz CT molecular complexity index is 625. The molecule has 1 heterocycles. The molecular formula is C18H20Br2S4. The van der Waals surface area contributed by atoms with E-state index in [0.29, 0.717) is 4.08 Å². The highest BCUT2D eigenvalue weighted by molar-refractivity contribution is 9.10. The zero-order valence-corrected chi connectivity index (χ0v) is 19.9. The molecule has 1 aliphatic rings. The highest BCUT2D eigenvalue weighted by Crippen LogP contribution is 2.46. The molecule has 1 aliphatic heterocycles. The number of benzene rings is 2. The second kappa shape index (κ2) is 10.8. The summed E-state index contributed by atoms with van der Waals surface area (Å²) in [6, 6.07) is 16.4. The van der Waals surface area contributed by atoms with Crippen molar-refractivity contribution >= 4 is 79.8 Å². The molecule has 0 atom stereocenters. The summed E-state index contributed by atoms with van der Waals surface area (Å²) in [5.41, 5.74) is 0. The number of rotatable bonds is 4. The molecule has 2 aromatic rings. The Hall–Kier alpha value is 0.800. The van der Waals surface area contributed by atoms with Gasteiger partial charge in [0.05, 0.1) is 4.08 Å². The summed E-state index contributed by atoms with van der Waals surface area (Å²) in [4.78, 5) is 2.35. The van der Waals surface area contributed by atoms with Crippen molar-refractivity contribution in [2.45, 2.75) is 27.2 Å². The fourth-order valence-electron chi connectivity index (χ4n) is 2.09. The van der Waals surface area contributed by atoms with Gasteiger partial charge in [0.25, 0.3) is 0 Å². The van der Waals surface area contributed by atoms with Gasteiger partial charge in [-0.15, -0.1) is 47.9 Å². The average Bonchev–Trinajstić information content (AvgIpc) is 2.95. The minimum atomic E-state index is 0.471. The lowest BCUT2D eigenvalue weighted by molar-refractivity contribution is 0.864. The van der Waals surface area contributed by atoms with Gasteiger partial charge in [-0.1, -0.05) is 44.0 Å². The molecule has 0 radical (unpaired) electrons. The van der Waals surface area contributed by atoms with E-state index in [4.69, 9.17) is 0 Å². The molecule has 3 rings (SSSR count). The van der Waals surface area contributed by atoms with E-state index in [0.717, 1.165) is 9.37 Å². The fraction of sp³-hybridized carbons (Fsp3) is 0.333. The molecule has 0 spiro atoms. The Morgan fingerprint density at radius 1 is 1.04 bits per heavy atom. The Morgan fingerprint density at radius 2 is 1.67 bits per heavy atom. The van der Waals surface area contributed by atoms with Crippen molar-refractivity contribution in [1.82, 2.24) is 0 Å². The number of thioether (sulfide) groups is 3. The zero-order valence-electron chi connectivity index (χ0n) is 13.4. The van der Waals surface area contributed by atoms with Gasteiger partial charge in [-0.25, -0.2) is 0 Å². The monoisotopic (exact) mass is 522 g/mol. The summed E-state index contributed by atoms with van der Waals surface area (Å²) in [6.07, 6.45) is 1.29. The van der Waals surface area contributed by atoms with E-state index in [9.17, 15) is 0 Å². The van der Waals surface area contributed by atoms with Crippen molar-refractivity contribution in [2.75, 3.05) is 17.3 Å². The number of thiol groups is 1. The molecule has 24 heavy (non-hydrogen) atoms. The Morgan fingerprint density at radius 3 is 2.21 bits per heavy atom. The van der Waals surface area contributed by atoms with Crippen molar-refractivity contribution in [2.24, 2.45) is 0 Å². The van der Waals surface area contributed by atoms with Crippen LogP contribution in [0.1, 0.15) is 13.3 Å². The van der Waals surface area contributed by atoms with Crippen LogP contribution in [0.15, 0.2) is 67.3 Å². The maximum absolute atomic E-state index is 4.12. The van der Waals surface area contributed by atoms with E-state index in [2.05, 4.69) is 99.2 Å². The molecule has 0 unspecified atom stereocenters. The summed E-state index contributed by atoms with van der Waals surface area (Å²) in [7, 11) is 0. The Balaban J connectivity index is 0.000000219. The average molecular weight is 524 g/mol. The standard InChI is InChI=1S/C12H15BrS3.C6H5BrS/c1-12(15-7-8-16-12)5-6-14-11-4-2-3-10(13)9-11;7-5-2-1-3-6(8)4-5/h2-4,9H,5-8H2,1H3;1-4,8H. The normalized spacial score (nSPS) is 15.7. The van der Waals surface area contributed by atoms with Crippen LogP contribution in [0.4, 0.5) is 0 Å². The van der Waals surface area contributed by atoms with Gasteiger partial charge in [0.1, 0.15) is 0 Å². The summed E-state index contributed by atoms with van der Waals surface area (Å²) in [5.74, 6) is 3.86. The second-order valence-corrected chi connectivity index (χ2v) is 12.3. The molecule has 0 N–H and O–H groups in total. The molecule has 1 fully saturated rings. The molecule has 0 bridgehead atoms. The van der Waals surface area contributed by atoms with Crippen LogP contribution in [0.3, 0.4) is 0 Å². The summed E-state index contributed by atoms with van der Waals surface area (Å²) in [6.45, 7) is 2.39. The molecule has 6 heteroatoms. The molecule has 0 saturated carbocycles. The van der Waals surface area contributed by atoms with Gasteiger partial charge in [-0.3, -0.25) is 0 Å². The van der Waals surface area contributed by atoms with Crippen molar-refractivity contribution in [3.05, 3.63) is 57.5 Å². The van der Waals surface area contributed by atoms with Gasteiger partial charge >= 0.3 is 0 Å². The van der Waals surface area contributed by atoms with E-state index < -0.39 is 0 Å². The maximum atomic E-state index is 4.12. The van der Waals surface area contributed by atoms with Gasteiger partial charge < -0.3 is 0 Å². The van der Waals surface area contributed by atoms with Gasteiger partial charge in [0.15, 0.2) is 0 Å². The summed E-state index contributed by atoms with van der Waals surface area (Å²) < 4.78 is 2.72. The summed E-state index contributed by atoms with van der Waals surface area (Å²) >= 11 is 17.2. The van der Waals surface area contributed by atoms with Gasteiger partial charge in [0.2, 0.25) is 0 Å². The van der Waals surface area contributed by atoms with E-state index >= 15 is 0 Å². The quantitative estimate of drug-likeness (QED) is 0.320. The van der Waals surface area contributed by atoms with Gasteiger partial charge in [-0.05, 0) is 49.7 Å². The largest absolute Gasteiger partial charge is 0.144 e. The lowest BCUT2D eigenvalue weighted by atomic mass is 10.3. The number of hydrogen-bond acceptors (Lipinski definition) is 4. The lowest BCUT2D eigenvalue weighted by Crippen LogP contribution is -2.11. The molecule has 2 aromatic carbocycles. The molecule has 0 aromatic heterocycles. The number of halogens is 2. The second-order valence-electron chi connectivity index (χ2n) is 5.37. The highest BCUT2D eigenvalue weighted by Gasteiger charge is 2.29. The van der Waals surface area contributed by atoms with Crippen molar-refractivity contribution in [1.29, 1.82) is 0 Å². The van der Waals surface area contributed by atoms with Crippen LogP contribution in [0, 0.1) is 0 Å². The van der Waals surface area contributed by atoms with E-state index in [1.807, 2.05) is 36.0 Å². The molecule has 0 amide bonds. The van der Waals surface area contributed by atoms with Crippen molar-refractivity contribution < 1.29 is 0 Å². The van der Waals surface area contributed by atoms with Crippen LogP contribution in [-0.4, -0.2) is 21.3 Å². The third-order valence-electron chi connectivity index (χ3n) is 3.33. The SMILES string of the molecule is CC1(CCSc2cccc(Br)c2)SCCS1.Sc1cccc(Br)c1. The Labute approximate surface area is 180 Å². The predicted octanol–water partition coefficient (Wildman–Crippen LogP) is 7.87. The van der Waals surface area contributed by atoms with E-state index in [1.54, 1.807) is 0 Å². The first kappa shape index (κ1) is 21.1. The Kier molecular flexibility index (Phi) is 9.52. The van der Waals surface area contributed by atoms with Crippen LogP contribution in [0.5, 0.6) is 0 Å². The van der Waals surface area contributed by atoms with Crippen LogP contribution >= 0.6 is 79.8 Å². The van der Waals surface area contributed by atoms with Crippen LogP contribution in [-0.2, 0) is 0 Å². The topological polar surface area (TPSA) is 0 Å². The third kappa shape index (κ3) is 8.00. The predicted molar refractivity (Wildman–Crippen MR) is 124 cm³/mol. The van der Waals surface area contributed by atoms with Crippen LogP contribution < -0.4 is 0 Å². The molecule has 0 aliphatic carbocycles. The first-order chi connectivity index (χ1) is 11.5. The van der Waals surface area contributed by atoms with Crippen molar-refractivity contribution in [3.63, 3.8) is 0 Å². The highest BCUT2D eigenvalue weighted by atomic mass is 79.9. The van der Waals surface area contributed by atoms with Gasteiger partial charge in [0, 0.05) is 36.0 Å². The molecule has 0 nitrogen and oxygen atoms in total. The first-order valence-corrected chi connectivity index (χ1v) is 12.6. The minimum Gasteiger partial charge on any atom is -0.144 e. The lowest BCUT2D eigenvalue weighted by Gasteiger charge is -2.21. The molecule has 130 valence electrons. The smallest absolute Gasteiger partial charge is 0.0591 e. The fourth-order valence-corrected chi connectivity index (χ4v) is 7.69. The van der Waals surface area contributed by atoms with E-state index in [1.165, 1.54) is 33.0 Å². The molecular weight excluding hydrogens is 504 g/mol. The van der Waals surface area contributed by atoms with E-state index in [-0.39, 0.29) is 0 Å². The van der Waals surface area contributed by atoms with Gasteiger partial charge in [-0.2, -0.15) is 0 Å². The van der Waals surface area contributed by atoms with Crippen LogP contribution in [0.25, 0.3) is 0 Å².